The van der Waals surface area contributed by atoms with Crippen molar-refractivity contribution in [3.8, 4) is 6.07 Å². The van der Waals surface area contributed by atoms with Gasteiger partial charge in [-0.25, -0.2) is 0 Å². The van der Waals surface area contributed by atoms with E-state index in [4.69, 9.17) is 0 Å². The average molecular weight is 456 g/mol. The lowest BCUT2D eigenvalue weighted by atomic mass is 9.48. The fraction of sp³-hybridized carbons (Fsp3) is 0.583. The Hall–Kier alpha value is -1.80. The molecule has 2 N–H and O–H groups in total. The summed E-state index contributed by atoms with van der Waals surface area (Å²) in [5.41, 5.74) is 1.63. The lowest BCUT2D eigenvalue weighted by molar-refractivity contribution is -0.122. The van der Waals surface area contributed by atoms with E-state index < -0.39 is 0 Å². The Bertz CT molecular complexity index is 788. The van der Waals surface area contributed by atoms with E-state index in [-0.39, 0.29) is 22.9 Å². The van der Waals surface area contributed by atoms with Crippen LogP contribution in [-0.4, -0.2) is 18.5 Å². The van der Waals surface area contributed by atoms with E-state index in [1.807, 2.05) is 12.1 Å². The summed E-state index contributed by atoms with van der Waals surface area (Å²) < 4.78 is 1.06. The van der Waals surface area contributed by atoms with Crippen LogP contribution in [-0.2, 0) is 11.2 Å². The molecule has 1 aromatic rings. The molecule has 4 aliphatic carbocycles. The van der Waals surface area contributed by atoms with E-state index >= 15 is 0 Å². The number of hydrogen-bond donors (Lipinski definition) is 2. The fourth-order valence-electron chi connectivity index (χ4n) is 6.33. The van der Waals surface area contributed by atoms with Crippen molar-refractivity contribution < 1.29 is 4.79 Å². The quantitative estimate of drug-likeness (QED) is 0.355. The number of carbonyl (C=O) groups excluding carboxylic acids is 1. The van der Waals surface area contributed by atoms with Crippen LogP contribution in [0.1, 0.15) is 51.0 Å². The molecule has 0 aliphatic heterocycles. The maximum atomic E-state index is 12.7. The van der Waals surface area contributed by atoms with Crippen molar-refractivity contribution in [3.63, 3.8) is 0 Å². The minimum Gasteiger partial charge on any atom is -0.389 e. The Labute approximate surface area is 182 Å². The molecule has 1 atom stereocenters. The summed E-state index contributed by atoms with van der Waals surface area (Å²) in [6.45, 7) is 2.84. The summed E-state index contributed by atoms with van der Waals surface area (Å²) in [6, 6.07) is 10.4. The number of amides is 1. The second-order valence-corrected chi connectivity index (χ2v) is 10.4. The molecule has 4 bridgehead atoms. The Morgan fingerprint density at radius 3 is 2.34 bits per heavy atom. The number of hydrogen-bond acceptors (Lipinski definition) is 3. The number of nitriles is 1. The molecule has 0 spiro atoms. The van der Waals surface area contributed by atoms with Crippen LogP contribution in [0.15, 0.2) is 40.5 Å². The Balaban J connectivity index is 1.31. The van der Waals surface area contributed by atoms with Crippen molar-refractivity contribution in [1.82, 2.24) is 10.6 Å². The van der Waals surface area contributed by atoms with E-state index in [1.54, 1.807) is 6.20 Å². The number of nitrogens with zero attached hydrogens (tertiary/aromatic N) is 1. The molecule has 1 unspecified atom stereocenters. The Kier molecular flexibility index (Phi) is 6.01. The van der Waals surface area contributed by atoms with Crippen molar-refractivity contribution in [2.24, 2.45) is 23.2 Å². The van der Waals surface area contributed by atoms with Gasteiger partial charge in [0.1, 0.15) is 11.6 Å². The van der Waals surface area contributed by atoms with Gasteiger partial charge in [-0.2, -0.15) is 5.26 Å². The van der Waals surface area contributed by atoms with E-state index in [2.05, 4.69) is 51.7 Å². The zero-order chi connectivity index (χ0) is 20.4. The monoisotopic (exact) mass is 455 g/mol. The van der Waals surface area contributed by atoms with Gasteiger partial charge in [0, 0.05) is 23.3 Å². The summed E-state index contributed by atoms with van der Waals surface area (Å²) in [4.78, 5) is 12.7. The summed E-state index contributed by atoms with van der Waals surface area (Å²) in [7, 11) is 0. The Morgan fingerprint density at radius 2 is 1.79 bits per heavy atom. The molecule has 0 saturated heterocycles. The van der Waals surface area contributed by atoms with Gasteiger partial charge >= 0.3 is 0 Å². The molecule has 5 rings (SSSR count). The largest absolute Gasteiger partial charge is 0.389 e. The molecule has 1 amide bonds. The van der Waals surface area contributed by atoms with Crippen molar-refractivity contribution in [1.29, 1.82) is 5.26 Å². The van der Waals surface area contributed by atoms with E-state index in [0.29, 0.717) is 6.54 Å². The highest BCUT2D eigenvalue weighted by Gasteiger charge is 2.53. The van der Waals surface area contributed by atoms with Crippen LogP contribution in [0.2, 0.25) is 0 Å². The highest BCUT2D eigenvalue weighted by atomic mass is 79.9. The minimum atomic E-state index is -0.244. The lowest BCUT2D eigenvalue weighted by Gasteiger charge is -2.59. The molecule has 4 saturated carbocycles. The minimum absolute atomic E-state index is 0.128. The van der Waals surface area contributed by atoms with Crippen LogP contribution < -0.4 is 10.6 Å². The van der Waals surface area contributed by atoms with Crippen LogP contribution in [0.4, 0.5) is 0 Å². The fourth-order valence-corrected chi connectivity index (χ4v) is 6.59. The van der Waals surface area contributed by atoms with Crippen LogP contribution in [0.3, 0.4) is 0 Å². The van der Waals surface area contributed by atoms with Gasteiger partial charge in [0.15, 0.2) is 0 Å². The summed E-state index contributed by atoms with van der Waals surface area (Å²) in [5.74, 6) is 2.32. The van der Waals surface area contributed by atoms with Gasteiger partial charge in [-0.3, -0.25) is 4.79 Å². The molecular formula is C24H30BrN3O. The number of nitrogens with one attached hydrogen (secondary N) is 2. The number of halogens is 1. The zero-order valence-corrected chi connectivity index (χ0v) is 18.7. The number of benzene rings is 1. The van der Waals surface area contributed by atoms with Gasteiger partial charge in [0.2, 0.25) is 0 Å². The van der Waals surface area contributed by atoms with E-state index in [9.17, 15) is 10.1 Å². The molecule has 1 aromatic carbocycles. The maximum absolute atomic E-state index is 12.7. The smallest absolute Gasteiger partial charge is 0.263 e. The second kappa shape index (κ2) is 8.52. The molecule has 154 valence electrons. The van der Waals surface area contributed by atoms with Gasteiger partial charge < -0.3 is 10.6 Å². The van der Waals surface area contributed by atoms with Gasteiger partial charge in [0.25, 0.3) is 5.91 Å². The predicted molar refractivity (Wildman–Crippen MR) is 118 cm³/mol. The van der Waals surface area contributed by atoms with Gasteiger partial charge in [-0.15, -0.1) is 0 Å². The molecule has 5 heteroatoms. The molecule has 4 nitrogen and oxygen atoms in total. The van der Waals surface area contributed by atoms with E-state index in [1.165, 1.54) is 44.1 Å². The topological polar surface area (TPSA) is 64.9 Å². The van der Waals surface area contributed by atoms with Crippen molar-refractivity contribution in [2.45, 2.75) is 57.9 Å². The standard InChI is InChI=1S/C24H30BrN3O/c1-16(24-11-18-8-19(12-24)10-20(9-18)13-24)28-23(29)21(14-26)15-27-7-6-17-2-4-22(25)5-3-17/h2-5,15-16,18-20,27H,6-13H2,1H3,(H,28,29)/b21-15-. The lowest BCUT2D eigenvalue weighted by Crippen LogP contribution is -2.56. The van der Waals surface area contributed by atoms with Gasteiger partial charge in [-0.05, 0) is 92.7 Å². The average Bonchev–Trinajstić information content (AvgIpc) is 2.68. The van der Waals surface area contributed by atoms with Gasteiger partial charge in [0.05, 0.1) is 0 Å². The molecule has 0 heterocycles. The molecule has 29 heavy (non-hydrogen) atoms. The maximum Gasteiger partial charge on any atom is 0.263 e. The third-order valence-electron chi connectivity index (χ3n) is 7.43. The molecular weight excluding hydrogens is 426 g/mol. The van der Waals surface area contributed by atoms with Crippen LogP contribution >= 0.6 is 15.9 Å². The molecule has 0 radical (unpaired) electrons. The highest BCUT2D eigenvalue weighted by molar-refractivity contribution is 9.10. The van der Waals surface area contributed by atoms with Crippen LogP contribution in [0.5, 0.6) is 0 Å². The first-order valence-corrected chi connectivity index (χ1v) is 11.7. The van der Waals surface area contributed by atoms with Crippen molar-refractivity contribution in [2.75, 3.05) is 6.54 Å². The van der Waals surface area contributed by atoms with Gasteiger partial charge in [-0.1, -0.05) is 28.1 Å². The Morgan fingerprint density at radius 1 is 1.21 bits per heavy atom. The summed E-state index contributed by atoms with van der Waals surface area (Å²) in [6.07, 6.45) is 10.3. The number of rotatable bonds is 7. The SMILES string of the molecule is CC(NC(=O)/C(C#N)=C\NCCc1ccc(Br)cc1)C12CC3CC(CC(C3)C1)C2. The highest BCUT2D eigenvalue weighted by Crippen LogP contribution is 2.61. The number of carbonyl (C=O) groups is 1. The summed E-state index contributed by atoms with van der Waals surface area (Å²) in [5, 5.41) is 15.8. The summed E-state index contributed by atoms with van der Waals surface area (Å²) >= 11 is 3.44. The zero-order valence-electron chi connectivity index (χ0n) is 17.1. The molecule has 0 aromatic heterocycles. The first kappa shape index (κ1) is 20.5. The first-order valence-electron chi connectivity index (χ1n) is 10.9. The first-order chi connectivity index (χ1) is 14.0. The van der Waals surface area contributed by atoms with Crippen molar-refractivity contribution in [3.05, 3.63) is 46.1 Å². The normalized spacial score (nSPS) is 31.2. The second-order valence-electron chi connectivity index (χ2n) is 9.48. The van der Waals surface area contributed by atoms with Crippen LogP contribution in [0.25, 0.3) is 0 Å². The predicted octanol–water partition coefficient (Wildman–Crippen LogP) is 4.71. The molecule has 4 fully saturated rings. The third-order valence-corrected chi connectivity index (χ3v) is 7.96. The third kappa shape index (κ3) is 4.53. The van der Waals surface area contributed by atoms with Crippen molar-refractivity contribution >= 4 is 21.8 Å². The van der Waals surface area contributed by atoms with Crippen LogP contribution in [0, 0.1) is 34.5 Å². The van der Waals surface area contributed by atoms with E-state index in [0.717, 1.165) is 28.6 Å². The molecule has 4 aliphatic rings.